The van der Waals surface area contributed by atoms with E-state index in [4.69, 9.17) is 0 Å². The number of rotatable bonds is 3. The maximum Gasteiger partial charge on any atom is 0.248 e. The average Bonchev–Trinajstić information content (AvgIpc) is 1.87. The molecule has 0 aliphatic rings. The summed E-state index contributed by atoms with van der Waals surface area (Å²) in [5, 5.41) is 3.13. The van der Waals surface area contributed by atoms with Crippen LogP contribution in [-0.4, -0.2) is 18.0 Å². The third-order valence-corrected chi connectivity index (χ3v) is 0.802. The molecule has 0 aromatic rings. The van der Waals surface area contributed by atoms with Gasteiger partial charge in [0, 0.05) is 13.5 Å². The van der Waals surface area contributed by atoms with Crippen LogP contribution in [0.3, 0.4) is 0 Å². The van der Waals surface area contributed by atoms with Gasteiger partial charge in [0.25, 0.3) is 0 Å². The van der Waals surface area contributed by atoms with Gasteiger partial charge in [-0.2, -0.15) is 5.01 Å². The van der Waals surface area contributed by atoms with Crippen LogP contribution < -0.4 is 0 Å². The van der Waals surface area contributed by atoms with Gasteiger partial charge in [-0.3, -0.25) is 4.79 Å². The molecule has 0 rings (SSSR count). The van der Waals surface area contributed by atoms with Gasteiger partial charge in [0.05, 0.1) is 5.29 Å². The zero-order valence-corrected chi connectivity index (χ0v) is 5.20. The lowest BCUT2D eigenvalue weighted by atomic mass is 10.4. The highest BCUT2D eigenvalue weighted by molar-refractivity contribution is 5.76. The molecule has 0 heterocycles. The smallest absolute Gasteiger partial charge is 0.248 e. The monoisotopic (exact) mass is 128 g/mol. The SMILES string of the molecule is C=CCC(=O)N(C)N=O. The molecule has 4 nitrogen and oxygen atoms in total. The number of nitrogens with zero attached hydrogens (tertiary/aromatic N) is 2. The van der Waals surface area contributed by atoms with E-state index in [0.29, 0.717) is 0 Å². The Kier molecular flexibility index (Phi) is 3.27. The lowest BCUT2D eigenvalue weighted by Crippen LogP contribution is -2.18. The van der Waals surface area contributed by atoms with E-state index in [1.807, 2.05) is 0 Å². The Hall–Kier alpha value is -1.19. The molecule has 0 radical (unpaired) electrons. The molecule has 0 saturated heterocycles. The van der Waals surface area contributed by atoms with Crippen LogP contribution in [0.25, 0.3) is 0 Å². The van der Waals surface area contributed by atoms with Crippen molar-refractivity contribution in [1.82, 2.24) is 5.01 Å². The minimum Gasteiger partial charge on any atom is -0.273 e. The fraction of sp³-hybridized carbons (Fsp3) is 0.400. The molecule has 0 aromatic carbocycles. The van der Waals surface area contributed by atoms with Crippen molar-refractivity contribution in [3.05, 3.63) is 17.6 Å². The van der Waals surface area contributed by atoms with Crippen molar-refractivity contribution in [3.8, 4) is 0 Å². The molecule has 0 aliphatic carbocycles. The van der Waals surface area contributed by atoms with Gasteiger partial charge >= 0.3 is 0 Å². The van der Waals surface area contributed by atoms with Crippen LogP contribution in [0.15, 0.2) is 17.9 Å². The highest BCUT2D eigenvalue weighted by Gasteiger charge is 2.03. The van der Waals surface area contributed by atoms with Crippen LogP contribution in [0.1, 0.15) is 6.42 Å². The molecule has 0 aromatic heterocycles. The van der Waals surface area contributed by atoms with Crippen LogP contribution in [0.5, 0.6) is 0 Å². The summed E-state index contributed by atoms with van der Waals surface area (Å²) >= 11 is 0. The Labute approximate surface area is 53.1 Å². The van der Waals surface area contributed by atoms with Crippen LogP contribution in [-0.2, 0) is 4.79 Å². The highest BCUT2D eigenvalue weighted by atomic mass is 16.3. The van der Waals surface area contributed by atoms with E-state index in [1.54, 1.807) is 0 Å². The summed E-state index contributed by atoms with van der Waals surface area (Å²) < 4.78 is 0. The third kappa shape index (κ3) is 2.58. The molecular weight excluding hydrogens is 120 g/mol. The summed E-state index contributed by atoms with van der Waals surface area (Å²) in [6.07, 6.45) is 1.58. The largest absolute Gasteiger partial charge is 0.273 e. The second kappa shape index (κ2) is 3.77. The molecule has 4 heteroatoms. The molecule has 9 heavy (non-hydrogen) atoms. The molecule has 0 fully saturated rings. The van der Waals surface area contributed by atoms with Crippen molar-refractivity contribution in [2.24, 2.45) is 5.29 Å². The van der Waals surface area contributed by atoms with E-state index in [0.717, 1.165) is 5.01 Å². The van der Waals surface area contributed by atoms with E-state index in [9.17, 15) is 9.70 Å². The zero-order valence-electron chi connectivity index (χ0n) is 5.20. The van der Waals surface area contributed by atoms with Gasteiger partial charge in [-0.25, -0.2) is 0 Å². The lowest BCUT2D eigenvalue weighted by Gasteiger charge is -2.01. The molecule has 0 N–H and O–H groups in total. The summed E-state index contributed by atoms with van der Waals surface area (Å²) in [7, 11) is 1.30. The maximum atomic E-state index is 10.5. The van der Waals surface area contributed by atoms with Gasteiger partial charge in [0.1, 0.15) is 0 Å². The number of hydrogen-bond donors (Lipinski definition) is 0. The molecule has 1 amide bonds. The third-order valence-electron chi connectivity index (χ3n) is 0.802. The van der Waals surface area contributed by atoms with Crippen molar-refractivity contribution < 1.29 is 4.79 Å². The minimum absolute atomic E-state index is 0.155. The Morgan fingerprint density at radius 2 is 2.44 bits per heavy atom. The number of nitroso groups, excluding NO2 is 1. The normalized spacial score (nSPS) is 8.11. The maximum absolute atomic E-state index is 10.5. The quantitative estimate of drug-likeness (QED) is 0.319. The first-order valence-electron chi connectivity index (χ1n) is 2.43. The first kappa shape index (κ1) is 7.81. The van der Waals surface area contributed by atoms with Gasteiger partial charge in [0.2, 0.25) is 5.91 Å². The van der Waals surface area contributed by atoms with Gasteiger partial charge in [-0.15, -0.1) is 11.5 Å². The Bertz CT molecular complexity index is 133. The summed E-state index contributed by atoms with van der Waals surface area (Å²) in [5.41, 5.74) is 0. The first-order chi connectivity index (χ1) is 4.22. The zero-order chi connectivity index (χ0) is 7.28. The van der Waals surface area contributed by atoms with Gasteiger partial charge < -0.3 is 0 Å². The molecule has 0 bridgehead atoms. The topological polar surface area (TPSA) is 49.7 Å². The molecule has 0 spiro atoms. The van der Waals surface area contributed by atoms with Gasteiger partial charge in [-0.05, 0) is 0 Å². The predicted molar refractivity (Wildman–Crippen MR) is 33.4 cm³/mol. The van der Waals surface area contributed by atoms with E-state index < -0.39 is 0 Å². The summed E-state index contributed by atoms with van der Waals surface area (Å²) in [4.78, 5) is 20.2. The Morgan fingerprint density at radius 1 is 1.89 bits per heavy atom. The number of hydrogen-bond acceptors (Lipinski definition) is 3. The highest BCUT2D eigenvalue weighted by Crippen LogP contribution is 1.89. The standard InChI is InChI=1S/C5H8N2O2/c1-3-4-5(8)7(2)6-9/h3H,1,4H2,2H3. The van der Waals surface area contributed by atoms with E-state index in [-0.39, 0.29) is 12.3 Å². The Balaban J connectivity index is 3.71. The Morgan fingerprint density at radius 3 is 2.78 bits per heavy atom. The second-order valence-electron chi connectivity index (χ2n) is 1.49. The molecule has 0 aliphatic heterocycles. The van der Waals surface area contributed by atoms with Crippen molar-refractivity contribution in [1.29, 1.82) is 0 Å². The second-order valence-corrected chi connectivity index (χ2v) is 1.49. The van der Waals surface area contributed by atoms with Crippen LogP contribution in [0.4, 0.5) is 0 Å². The lowest BCUT2D eigenvalue weighted by molar-refractivity contribution is -0.129. The molecule has 50 valence electrons. The summed E-state index contributed by atoms with van der Waals surface area (Å²) in [5.74, 6) is -0.347. The number of amides is 1. The van der Waals surface area contributed by atoms with Crippen molar-refractivity contribution >= 4 is 5.91 Å². The predicted octanol–water partition coefficient (Wildman–Crippen LogP) is 0.702. The summed E-state index contributed by atoms with van der Waals surface area (Å²) in [6.45, 7) is 3.33. The molecular formula is C5H8N2O2. The number of carbonyl (C=O) groups excluding carboxylic acids is 1. The first-order valence-corrected chi connectivity index (χ1v) is 2.43. The molecule has 0 unspecified atom stereocenters. The fourth-order valence-corrected chi connectivity index (χ4v) is 0.301. The van der Waals surface area contributed by atoms with Gasteiger partial charge in [-0.1, -0.05) is 6.08 Å². The fourth-order valence-electron chi connectivity index (χ4n) is 0.301. The average molecular weight is 128 g/mol. The molecule has 0 atom stereocenters. The van der Waals surface area contributed by atoms with Crippen molar-refractivity contribution in [2.75, 3.05) is 7.05 Å². The van der Waals surface area contributed by atoms with Crippen LogP contribution in [0, 0.1) is 4.91 Å². The summed E-state index contributed by atoms with van der Waals surface area (Å²) in [6, 6.07) is 0. The minimum atomic E-state index is -0.347. The van der Waals surface area contributed by atoms with E-state index in [1.165, 1.54) is 13.1 Å². The van der Waals surface area contributed by atoms with Gasteiger partial charge in [0.15, 0.2) is 0 Å². The van der Waals surface area contributed by atoms with Crippen LogP contribution >= 0.6 is 0 Å². The number of carbonyl (C=O) groups is 1. The van der Waals surface area contributed by atoms with E-state index >= 15 is 0 Å². The van der Waals surface area contributed by atoms with Crippen molar-refractivity contribution in [3.63, 3.8) is 0 Å². The van der Waals surface area contributed by atoms with E-state index in [2.05, 4.69) is 11.9 Å². The molecule has 0 saturated carbocycles. The van der Waals surface area contributed by atoms with Crippen LogP contribution in [0.2, 0.25) is 0 Å². The van der Waals surface area contributed by atoms with Crippen molar-refractivity contribution in [2.45, 2.75) is 6.42 Å².